The predicted octanol–water partition coefficient (Wildman–Crippen LogP) is 2.55. The first-order valence-corrected chi connectivity index (χ1v) is 8.33. The Bertz CT molecular complexity index is 475. The molecule has 0 aliphatic carbocycles. The van der Waals surface area contributed by atoms with Gasteiger partial charge in [-0.15, -0.1) is 0 Å². The van der Waals surface area contributed by atoms with Crippen molar-refractivity contribution in [1.82, 2.24) is 10.2 Å². The number of ether oxygens (including phenoxy) is 1. The SMILES string of the molecule is CC(C)C[C@H](C)NC(=O)N1CCOC[C@H]1C[C@@H](O)c1ccco1. The van der Waals surface area contributed by atoms with E-state index in [9.17, 15) is 9.90 Å². The average Bonchev–Trinajstić information content (AvgIpc) is 3.01. The highest BCUT2D eigenvalue weighted by atomic mass is 16.5. The summed E-state index contributed by atoms with van der Waals surface area (Å²) in [6.45, 7) is 7.80. The number of hydrogen-bond acceptors (Lipinski definition) is 4. The van der Waals surface area contributed by atoms with E-state index < -0.39 is 6.10 Å². The van der Waals surface area contributed by atoms with Gasteiger partial charge in [-0.3, -0.25) is 0 Å². The van der Waals surface area contributed by atoms with Crippen LogP contribution in [0.25, 0.3) is 0 Å². The molecule has 1 aromatic rings. The third-order valence-electron chi connectivity index (χ3n) is 4.05. The van der Waals surface area contributed by atoms with E-state index in [-0.39, 0.29) is 18.1 Å². The van der Waals surface area contributed by atoms with Crippen LogP contribution in [0.4, 0.5) is 4.79 Å². The van der Waals surface area contributed by atoms with Crippen LogP contribution >= 0.6 is 0 Å². The quantitative estimate of drug-likeness (QED) is 0.843. The standard InChI is InChI=1S/C17H28N2O4/c1-12(2)9-13(3)18-17(21)19-6-8-22-11-14(19)10-15(20)16-5-4-7-23-16/h4-5,7,12-15,20H,6,8-11H2,1-3H3,(H,18,21)/t13-,14+,15+/m0/s1. The van der Waals surface area contributed by atoms with Gasteiger partial charge in [0, 0.05) is 19.0 Å². The van der Waals surface area contributed by atoms with Crippen molar-refractivity contribution in [3.05, 3.63) is 24.2 Å². The number of furan rings is 1. The van der Waals surface area contributed by atoms with Gasteiger partial charge in [0.1, 0.15) is 11.9 Å². The summed E-state index contributed by atoms with van der Waals surface area (Å²) >= 11 is 0. The maximum Gasteiger partial charge on any atom is 0.318 e. The molecule has 0 unspecified atom stereocenters. The second kappa shape index (κ2) is 8.36. The summed E-state index contributed by atoms with van der Waals surface area (Å²) in [5.74, 6) is 1.05. The lowest BCUT2D eigenvalue weighted by molar-refractivity contribution is -0.0101. The van der Waals surface area contributed by atoms with Gasteiger partial charge in [0.15, 0.2) is 0 Å². The Morgan fingerprint density at radius 3 is 2.91 bits per heavy atom. The third-order valence-corrected chi connectivity index (χ3v) is 4.05. The number of rotatable bonds is 6. The van der Waals surface area contributed by atoms with Gasteiger partial charge >= 0.3 is 6.03 Å². The number of urea groups is 1. The van der Waals surface area contributed by atoms with Crippen LogP contribution in [-0.4, -0.2) is 47.9 Å². The van der Waals surface area contributed by atoms with Crippen LogP contribution in [0.3, 0.4) is 0 Å². The molecule has 0 spiro atoms. The number of hydrogen-bond donors (Lipinski definition) is 2. The maximum atomic E-state index is 12.5. The Labute approximate surface area is 137 Å². The molecule has 0 radical (unpaired) electrons. The van der Waals surface area contributed by atoms with E-state index in [0.717, 1.165) is 6.42 Å². The van der Waals surface area contributed by atoms with Crippen molar-refractivity contribution in [3.63, 3.8) is 0 Å². The van der Waals surface area contributed by atoms with Crippen LogP contribution in [0.5, 0.6) is 0 Å². The second-order valence-corrected chi connectivity index (χ2v) is 6.67. The first kappa shape index (κ1) is 17.8. The average molecular weight is 324 g/mol. The zero-order chi connectivity index (χ0) is 16.8. The summed E-state index contributed by atoms with van der Waals surface area (Å²) in [6.07, 6.45) is 2.14. The van der Waals surface area contributed by atoms with Gasteiger partial charge < -0.3 is 24.5 Å². The van der Waals surface area contributed by atoms with Crippen LogP contribution in [-0.2, 0) is 4.74 Å². The maximum absolute atomic E-state index is 12.5. The highest BCUT2D eigenvalue weighted by Gasteiger charge is 2.30. The normalized spacial score (nSPS) is 21.3. The van der Waals surface area contributed by atoms with Gasteiger partial charge in [-0.1, -0.05) is 13.8 Å². The van der Waals surface area contributed by atoms with Gasteiger partial charge in [0.2, 0.25) is 0 Å². The fourth-order valence-corrected chi connectivity index (χ4v) is 3.03. The minimum atomic E-state index is -0.736. The molecule has 0 saturated carbocycles. The van der Waals surface area contributed by atoms with Crippen LogP contribution in [0.1, 0.15) is 45.5 Å². The fourth-order valence-electron chi connectivity index (χ4n) is 3.03. The molecule has 3 atom stereocenters. The Morgan fingerprint density at radius 1 is 1.48 bits per heavy atom. The van der Waals surface area contributed by atoms with Crippen LogP contribution in [0.2, 0.25) is 0 Å². The van der Waals surface area contributed by atoms with Crippen molar-refractivity contribution in [2.75, 3.05) is 19.8 Å². The summed E-state index contributed by atoms with van der Waals surface area (Å²) in [6, 6.07) is 3.37. The number of amides is 2. The zero-order valence-electron chi connectivity index (χ0n) is 14.2. The first-order chi connectivity index (χ1) is 11.0. The zero-order valence-corrected chi connectivity index (χ0v) is 14.2. The van der Waals surface area contributed by atoms with Crippen molar-refractivity contribution in [2.45, 2.75) is 51.8 Å². The van der Waals surface area contributed by atoms with E-state index in [1.165, 1.54) is 6.26 Å². The number of nitrogens with one attached hydrogen (secondary N) is 1. The van der Waals surface area contributed by atoms with E-state index in [0.29, 0.717) is 37.9 Å². The number of aliphatic hydroxyl groups is 1. The lowest BCUT2D eigenvalue weighted by Gasteiger charge is -2.37. The highest BCUT2D eigenvalue weighted by Crippen LogP contribution is 2.23. The molecule has 2 amide bonds. The molecule has 1 saturated heterocycles. The Kier molecular flexibility index (Phi) is 6.47. The summed E-state index contributed by atoms with van der Waals surface area (Å²) < 4.78 is 10.7. The Morgan fingerprint density at radius 2 is 2.26 bits per heavy atom. The van der Waals surface area contributed by atoms with Gasteiger partial charge in [-0.2, -0.15) is 0 Å². The van der Waals surface area contributed by atoms with Crippen molar-refractivity contribution in [2.24, 2.45) is 5.92 Å². The van der Waals surface area contributed by atoms with Crippen molar-refractivity contribution in [1.29, 1.82) is 0 Å². The summed E-state index contributed by atoms with van der Waals surface area (Å²) in [4.78, 5) is 14.3. The lowest BCUT2D eigenvalue weighted by atomic mass is 10.0. The Hall–Kier alpha value is -1.53. The molecule has 6 nitrogen and oxygen atoms in total. The van der Waals surface area contributed by atoms with Crippen molar-refractivity contribution < 1.29 is 19.1 Å². The third kappa shape index (κ3) is 5.25. The largest absolute Gasteiger partial charge is 0.467 e. The molecule has 2 rings (SSSR count). The van der Waals surface area contributed by atoms with Gasteiger partial charge in [-0.05, 0) is 31.4 Å². The molecule has 1 aliphatic heterocycles. The Balaban J connectivity index is 1.93. The highest BCUT2D eigenvalue weighted by molar-refractivity contribution is 5.75. The summed E-state index contributed by atoms with van der Waals surface area (Å²) in [7, 11) is 0. The summed E-state index contributed by atoms with van der Waals surface area (Å²) in [5, 5.41) is 13.3. The molecule has 0 bridgehead atoms. The van der Waals surface area contributed by atoms with E-state index in [2.05, 4.69) is 19.2 Å². The summed E-state index contributed by atoms with van der Waals surface area (Å²) in [5.41, 5.74) is 0. The fraction of sp³-hybridized carbons (Fsp3) is 0.706. The van der Waals surface area contributed by atoms with Crippen molar-refractivity contribution in [3.8, 4) is 0 Å². The van der Waals surface area contributed by atoms with E-state index >= 15 is 0 Å². The first-order valence-electron chi connectivity index (χ1n) is 8.33. The van der Waals surface area contributed by atoms with Crippen LogP contribution in [0.15, 0.2) is 22.8 Å². The monoisotopic (exact) mass is 324 g/mol. The smallest absolute Gasteiger partial charge is 0.318 e. The number of aliphatic hydroxyl groups excluding tert-OH is 1. The topological polar surface area (TPSA) is 74.9 Å². The molecule has 1 aliphatic rings. The molecule has 23 heavy (non-hydrogen) atoms. The second-order valence-electron chi connectivity index (χ2n) is 6.67. The number of carbonyl (C=O) groups excluding carboxylic acids is 1. The molecular weight excluding hydrogens is 296 g/mol. The number of carbonyl (C=O) groups is 1. The number of nitrogens with zero attached hydrogens (tertiary/aromatic N) is 1. The van der Waals surface area contributed by atoms with Crippen LogP contribution in [0, 0.1) is 5.92 Å². The molecule has 1 aromatic heterocycles. The molecule has 130 valence electrons. The molecule has 2 N–H and O–H groups in total. The molecule has 1 fully saturated rings. The predicted molar refractivity (Wildman–Crippen MR) is 87.0 cm³/mol. The molecule has 0 aromatic carbocycles. The lowest BCUT2D eigenvalue weighted by Crippen LogP contribution is -2.54. The minimum Gasteiger partial charge on any atom is -0.467 e. The van der Waals surface area contributed by atoms with Crippen molar-refractivity contribution >= 4 is 6.03 Å². The van der Waals surface area contributed by atoms with Gasteiger partial charge in [0.25, 0.3) is 0 Å². The van der Waals surface area contributed by atoms with E-state index in [1.54, 1.807) is 17.0 Å². The van der Waals surface area contributed by atoms with Crippen LogP contribution < -0.4 is 5.32 Å². The van der Waals surface area contributed by atoms with E-state index in [1.807, 2.05) is 6.92 Å². The number of morpholine rings is 1. The van der Waals surface area contributed by atoms with Gasteiger partial charge in [-0.25, -0.2) is 4.79 Å². The minimum absolute atomic E-state index is 0.0851. The molecule has 6 heteroatoms. The van der Waals surface area contributed by atoms with E-state index in [4.69, 9.17) is 9.15 Å². The van der Waals surface area contributed by atoms with Gasteiger partial charge in [0.05, 0.1) is 25.5 Å². The molecular formula is C17H28N2O4. The molecule has 2 heterocycles.